The number of sulfonamides is 1. The lowest BCUT2D eigenvalue weighted by atomic mass is 10.0. The first-order valence-electron chi connectivity index (χ1n) is 11.1. The molecule has 2 heterocycles. The normalized spacial score (nSPS) is 14.7. The Bertz CT molecular complexity index is 1510. The number of carbonyl (C=O) groups is 1. The van der Waals surface area contributed by atoms with Crippen molar-refractivity contribution >= 4 is 44.0 Å². The predicted molar refractivity (Wildman–Crippen MR) is 136 cm³/mol. The first kappa shape index (κ1) is 23.4. The van der Waals surface area contributed by atoms with E-state index >= 15 is 0 Å². The molecule has 0 radical (unpaired) electrons. The van der Waals surface area contributed by atoms with Crippen LogP contribution in [0.25, 0.3) is 22.0 Å². The number of benzene rings is 3. The van der Waals surface area contributed by atoms with Crippen molar-refractivity contribution in [2.75, 3.05) is 31.6 Å². The number of anilines is 1. The van der Waals surface area contributed by atoms with Gasteiger partial charge in [-0.15, -0.1) is 0 Å². The number of morpholine rings is 1. The van der Waals surface area contributed by atoms with Crippen LogP contribution in [0, 0.1) is 0 Å². The van der Waals surface area contributed by atoms with Gasteiger partial charge in [-0.1, -0.05) is 41.9 Å². The van der Waals surface area contributed by atoms with Crippen LogP contribution in [0.15, 0.2) is 83.9 Å². The standard InChI is InChI=1S/C26H22ClN3O4S/c27-24-9-8-20(17-23(24)25-22-7-2-1-4-18(22)10-11-28-25)29-26(31)19-5-3-6-21(16-19)35(32,33)30-12-14-34-15-13-30/h1-11,16-17H,12-15H2,(H,29,31). The first-order chi connectivity index (χ1) is 16.9. The van der Waals surface area contributed by atoms with Gasteiger partial charge in [0.2, 0.25) is 10.0 Å². The Labute approximate surface area is 208 Å². The number of nitrogens with one attached hydrogen (secondary N) is 1. The Morgan fingerprint density at radius 1 is 0.971 bits per heavy atom. The summed E-state index contributed by atoms with van der Waals surface area (Å²) in [6.07, 6.45) is 1.72. The smallest absolute Gasteiger partial charge is 0.255 e. The van der Waals surface area contributed by atoms with Gasteiger partial charge in [0.15, 0.2) is 0 Å². The summed E-state index contributed by atoms with van der Waals surface area (Å²) in [4.78, 5) is 17.6. The van der Waals surface area contributed by atoms with E-state index in [9.17, 15) is 13.2 Å². The molecular formula is C26H22ClN3O4S. The number of halogens is 1. The summed E-state index contributed by atoms with van der Waals surface area (Å²) in [6.45, 7) is 1.27. The number of hydrogen-bond donors (Lipinski definition) is 1. The van der Waals surface area contributed by atoms with Crippen molar-refractivity contribution in [3.8, 4) is 11.3 Å². The average molecular weight is 508 g/mol. The molecule has 5 rings (SSSR count). The molecule has 0 unspecified atom stereocenters. The zero-order valence-corrected chi connectivity index (χ0v) is 20.2. The van der Waals surface area contributed by atoms with Crippen LogP contribution in [0.5, 0.6) is 0 Å². The van der Waals surface area contributed by atoms with Crippen LogP contribution in [0.2, 0.25) is 5.02 Å². The minimum absolute atomic E-state index is 0.0730. The Kier molecular flexibility index (Phi) is 6.53. The van der Waals surface area contributed by atoms with E-state index in [-0.39, 0.29) is 23.5 Å². The quantitative estimate of drug-likeness (QED) is 0.418. The summed E-state index contributed by atoms with van der Waals surface area (Å²) in [5.41, 5.74) is 2.15. The van der Waals surface area contributed by atoms with Gasteiger partial charge in [-0.25, -0.2) is 8.42 Å². The molecule has 7 nitrogen and oxygen atoms in total. The molecule has 1 saturated heterocycles. The largest absolute Gasteiger partial charge is 0.379 e. The zero-order valence-electron chi connectivity index (χ0n) is 18.6. The van der Waals surface area contributed by atoms with Crippen LogP contribution in [0.4, 0.5) is 5.69 Å². The number of pyridine rings is 1. The van der Waals surface area contributed by atoms with Gasteiger partial charge < -0.3 is 10.1 Å². The maximum absolute atomic E-state index is 13.0. The Hall–Kier alpha value is -3.30. The van der Waals surface area contributed by atoms with E-state index in [0.717, 1.165) is 10.8 Å². The minimum atomic E-state index is -3.71. The molecule has 1 fully saturated rings. The van der Waals surface area contributed by atoms with Crippen molar-refractivity contribution in [1.82, 2.24) is 9.29 Å². The molecule has 0 atom stereocenters. The average Bonchev–Trinajstić information content (AvgIpc) is 2.90. The fourth-order valence-corrected chi connectivity index (χ4v) is 5.72. The van der Waals surface area contributed by atoms with Gasteiger partial charge in [0.25, 0.3) is 5.91 Å². The topological polar surface area (TPSA) is 88.6 Å². The van der Waals surface area contributed by atoms with Gasteiger partial charge >= 0.3 is 0 Å². The SMILES string of the molecule is O=C(Nc1ccc(Cl)c(-c2nccc3ccccc23)c1)c1cccc(S(=O)(=O)N2CCOCC2)c1. The highest BCUT2D eigenvalue weighted by atomic mass is 35.5. The van der Waals surface area contributed by atoms with Crippen LogP contribution in [0.1, 0.15) is 10.4 Å². The van der Waals surface area contributed by atoms with Crippen molar-refractivity contribution in [1.29, 1.82) is 0 Å². The molecule has 4 aromatic rings. The van der Waals surface area contributed by atoms with Crippen LogP contribution in [0.3, 0.4) is 0 Å². The van der Waals surface area contributed by atoms with Crippen molar-refractivity contribution in [2.45, 2.75) is 4.90 Å². The number of rotatable bonds is 5. The molecule has 0 aliphatic carbocycles. The summed E-state index contributed by atoms with van der Waals surface area (Å²) in [5, 5.41) is 5.33. The molecule has 0 spiro atoms. The third-order valence-electron chi connectivity index (χ3n) is 5.86. The number of hydrogen-bond acceptors (Lipinski definition) is 5. The van der Waals surface area contributed by atoms with Gasteiger partial charge in [0.05, 0.1) is 28.8 Å². The Morgan fingerprint density at radius 2 is 1.77 bits per heavy atom. The number of amides is 1. The Morgan fingerprint density at radius 3 is 2.60 bits per heavy atom. The van der Waals surface area contributed by atoms with Crippen LogP contribution < -0.4 is 5.32 Å². The summed E-state index contributed by atoms with van der Waals surface area (Å²) in [5.74, 6) is -0.428. The maximum atomic E-state index is 13.0. The third-order valence-corrected chi connectivity index (χ3v) is 8.08. The molecule has 9 heteroatoms. The molecule has 1 amide bonds. The molecular weight excluding hydrogens is 486 g/mol. The number of fused-ring (bicyclic) bond motifs is 1. The van der Waals surface area contributed by atoms with Crippen LogP contribution >= 0.6 is 11.6 Å². The molecule has 35 heavy (non-hydrogen) atoms. The lowest BCUT2D eigenvalue weighted by molar-refractivity contribution is 0.0730. The summed E-state index contributed by atoms with van der Waals surface area (Å²) in [6, 6.07) is 21.0. The summed E-state index contributed by atoms with van der Waals surface area (Å²) in [7, 11) is -3.71. The molecule has 3 aromatic carbocycles. The molecule has 178 valence electrons. The molecule has 1 aliphatic rings. The second kappa shape index (κ2) is 9.75. The predicted octanol–water partition coefficient (Wildman–Crippen LogP) is 4.83. The summed E-state index contributed by atoms with van der Waals surface area (Å²) < 4.78 is 32.6. The van der Waals surface area contributed by atoms with E-state index in [2.05, 4.69) is 10.3 Å². The third kappa shape index (κ3) is 4.78. The van der Waals surface area contributed by atoms with Gasteiger partial charge in [0.1, 0.15) is 0 Å². The van der Waals surface area contributed by atoms with E-state index in [1.54, 1.807) is 36.5 Å². The summed E-state index contributed by atoms with van der Waals surface area (Å²) >= 11 is 6.50. The number of ether oxygens (including phenoxy) is 1. The molecule has 0 saturated carbocycles. The van der Waals surface area contributed by atoms with Gasteiger partial charge in [-0.2, -0.15) is 4.31 Å². The van der Waals surface area contributed by atoms with Crippen molar-refractivity contribution in [2.24, 2.45) is 0 Å². The van der Waals surface area contributed by atoms with E-state index in [1.165, 1.54) is 16.4 Å². The number of carbonyl (C=O) groups excluding carboxylic acids is 1. The first-order valence-corrected chi connectivity index (χ1v) is 12.9. The van der Waals surface area contributed by atoms with Crippen molar-refractivity contribution < 1.29 is 17.9 Å². The highest BCUT2D eigenvalue weighted by Crippen LogP contribution is 2.34. The highest BCUT2D eigenvalue weighted by molar-refractivity contribution is 7.89. The number of aromatic nitrogens is 1. The van der Waals surface area contributed by atoms with Crippen LogP contribution in [-0.4, -0.2) is 49.9 Å². The van der Waals surface area contributed by atoms with Gasteiger partial charge in [-0.05, 0) is 47.9 Å². The lowest BCUT2D eigenvalue weighted by Crippen LogP contribution is -2.40. The monoisotopic (exact) mass is 507 g/mol. The molecule has 1 aliphatic heterocycles. The van der Waals surface area contributed by atoms with Crippen LogP contribution in [-0.2, 0) is 14.8 Å². The fraction of sp³-hybridized carbons (Fsp3) is 0.154. The zero-order chi connectivity index (χ0) is 24.4. The molecule has 0 bridgehead atoms. The van der Waals surface area contributed by atoms with E-state index in [1.807, 2.05) is 30.3 Å². The highest BCUT2D eigenvalue weighted by Gasteiger charge is 2.27. The maximum Gasteiger partial charge on any atom is 0.255 e. The van der Waals surface area contributed by atoms with Gasteiger partial charge in [0, 0.05) is 41.5 Å². The fourth-order valence-electron chi connectivity index (χ4n) is 4.06. The second-order valence-corrected chi connectivity index (χ2v) is 10.4. The van der Waals surface area contributed by atoms with E-state index < -0.39 is 15.9 Å². The van der Waals surface area contributed by atoms with Gasteiger partial charge in [-0.3, -0.25) is 9.78 Å². The second-order valence-electron chi connectivity index (χ2n) is 8.07. The number of nitrogens with zero attached hydrogens (tertiary/aromatic N) is 2. The van der Waals surface area contributed by atoms with Crippen molar-refractivity contribution in [3.63, 3.8) is 0 Å². The molecule has 1 N–H and O–H groups in total. The van der Waals surface area contributed by atoms with Crippen molar-refractivity contribution in [3.05, 3.63) is 89.6 Å². The van der Waals surface area contributed by atoms with E-state index in [0.29, 0.717) is 35.2 Å². The lowest BCUT2D eigenvalue weighted by Gasteiger charge is -2.26. The molecule has 1 aromatic heterocycles. The Balaban J connectivity index is 1.43. The van der Waals surface area contributed by atoms with E-state index in [4.69, 9.17) is 16.3 Å². The minimum Gasteiger partial charge on any atom is -0.379 e.